The van der Waals surface area contributed by atoms with Crippen molar-refractivity contribution < 1.29 is 14.6 Å². The minimum absolute atomic E-state index is 0.0799. The van der Waals surface area contributed by atoms with Crippen LogP contribution in [-0.2, 0) is 0 Å². The number of aliphatic hydroxyl groups is 1. The molecule has 7 heteroatoms. The van der Waals surface area contributed by atoms with E-state index in [0.29, 0.717) is 35.5 Å². The van der Waals surface area contributed by atoms with Crippen molar-refractivity contribution in [2.75, 3.05) is 19.8 Å². The predicted octanol–water partition coefficient (Wildman–Crippen LogP) is 3.49. The molecule has 1 atom stereocenters. The van der Waals surface area contributed by atoms with Crippen LogP contribution in [0.15, 0.2) is 43.0 Å². The summed E-state index contributed by atoms with van der Waals surface area (Å²) < 4.78 is 11.4. The Labute approximate surface area is 165 Å². The van der Waals surface area contributed by atoms with E-state index < -0.39 is 6.10 Å². The van der Waals surface area contributed by atoms with Crippen molar-refractivity contribution in [2.45, 2.75) is 32.4 Å². The molecule has 6 nitrogen and oxygen atoms in total. The quantitative estimate of drug-likeness (QED) is 0.637. The van der Waals surface area contributed by atoms with E-state index >= 15 is 0 Å². The second-order valence-electron chi connectivity index (χ2n) is 7.09. The molecule has 0 aliphatic rings. The van der Waals surface area contributed by atoms with Gasteiger partial charge in [-0.1, -0.05) is 24.3 Å². The van der Waals surface area contributed by atoms with Crippen molar-refractivity contribution in [3.05, 3.63) is 48.1 Å². The van der Waals surface area contributed by atoms with Crippen LogP contribution < -0.4 is 14.8 Å². The van der Waals surface area contributed by atoms with Crippen LogP contribution in [0.1, 0.15) is 20.8 Å². The number of rotatable bonds is 9. The molecule has 0 saturated heterocycles. The SMILES string of the molecule is C=CCOc1ccc(-c2ccc(Cl)nn2)c(OCC(O)CNC(C)(C)C)c1. The lowest BCUT2D eigenvalue weighted by molar-refractivity contribution is 0.100. The zero-order chi connectivity index (χ0) is 19.9. The molecular weight excluding hydrogens is 366 g/mol. The minimum atomic E-state index is -0.661. The maximum absolute atomic E-state index is 10.2. The fraction of sp³-hybridized carbons (Fsp3) is 0.400. The van der Waals surface area contributed by atoms with Gasteiger partial charge in [-0.15, -0.1) is 10.2 Å². The molecule has 146 valence electrons. The van der Waals surface area contributed by atoms with Crippen LogP contribution in [-0.4, -0.2) is 46.7 Å². The van der Waals surface area contributed by atoms with Crippen molar-refractivity contribution in [3.63, 3.8) is 0 Å². The Bertz CT molecular complexity index is 745. The number of hydrogen-bond donors (Lipinski definition) is 2. The highest BCUT2D eigenvalue weighted by Gasteiger charge is 2.15. The maximum Gasteiger partial charge on any atom is 0.151 e. The summed E-state index contributed by atoms with van der Waals surface area (Å²) in [6.07, 6.45) is 1.01. The molecule has 1 unspecified atom stereocenters. The average molecular weight is 392 g/mol. The maximum atomic E-state index is 10.2. The van der Waals surface area contributed by atoms with Gasteiger partial charge in [-0.25, -0.2) is 0 Å². The van der Waals surface area contributed by atoms with E-state index in [0.717, 1.165) is 5.56 Å². The number of β-amino-alcohol motifs (C(OH)–C–C–N with tert-alkyl or cyclic N) is 1. The summed E-state index contributed by atoms with van der Waals surface area (Å²) in [7, 11) is 0. The monoisotopic (exact) mass is 391 g/mol. The number of aromatic nitrogens is 2. The number of hydrogen-bond acceptors (Lipinski definition) is 6. The van der Waals surface area contributed by atoms with Gasteiger partial charge in [0.05, 0.1) is 5.69 Å². The Hall–Kier alpha value is -2.15. The fourth-order valence-corrected chi connectivity index (χ4v) is 2.31. The molecule has 0 fully saturated rings. The fourth-order valence-electron chi connectivity index (χ4n) is 2.21. The molecule has 0 aliphatic heterocycles. The van der Waals surface area contributed by atoms with E-state index in [9.17, 15) is 5.11 Å². The minimum Gasteiger partial charge on any atom is -0.490 e. The van der Waals surface area contributed by atoms with E-state index in [2.05, 4.69) is 22.1 Å². The third-order valence-electron chi connectivity index (χ3n) is 3.53. The Balaban J connectivity index is 2.16. The van der Waals surface area contributed by atoms with Gasteiger partial charge in [0.15, 0.2) is 5.15 Å². The van der Waals surface area contributed by atoms with Gasteiger partial charge in [-0.05, 0) is 45.0 Å². The van der Waals surface area contributed by atoms with Gasteiger partial charge >= 0.3 is 0 Å². The van der Waals surface area contributed by atoms with Gasteiger partial charge in [-0.3, -0.25) is 0 Å². The van der Waals surface area contributed by atoms with Gasteiger partial charge in [0, 0.05) is 23.7 Å². The van der Waals surface area contributed by atoms with Gasteiger partial charge in [0.25, 0.3) is 0 Å². The second kappa shape index (κ2) is 9.69. The standard InChI is InChI=1S/C20H26ClN3O3/c1-5-10-26-15-6-7-16(17-8-9-19(21)24-23-17)18(11-15)27-13-14(25)12-22-20(2,3)4/h5-9,11,14,22,25H,1,10,12-13H2,2-4H3. The number of benzene rings is 1. The van der Waals surface area contributed by atoms with Crippen molar-refractivity contribution in [3.8, 4) is 22.8 Å². The lowest BCUT2D eigenvalue weighted by atomic mass is 10.1. The zero-order valence-electron chi connectivity index (χ0n) is 15.9. The molecular formula is C20H26ClN3O3. The number of ether oxygens (including phenoxy) is 2. The Kier molecular flexibility index (Phi) is 7.59. The summed E-state index contributed by atoms with van der Waals surface area (Å²) in [6.45, 7) is 10.7. The average Bonchev–Trinajstić information content (AvgIpc) is 2.63. The highest BCUT2D eigenvalue weighted by atomic mass is 35.5. The highest BCUT2D eigenvalue weighted by Crippen LogP contribution is 2.32. The molecule has 1 aromatic heterocycles. The normalized spacial score (nSPS) is 12.5. The van der Waals surface area contributed by atoms with Crippen LogP contribution in [0.3, 0.4) is 0 Å². The summed E-state index contributed by atoms with van der Waals surface area (Å²) in [6, 6.07) is 8.85. The molecule has 0 aliphatic carbocycles. The lowest BCUT2D eigenvalue weighted by Gasteiger charge is -2.23. The van der Waals surface area contributed by atoms with Crippen molar-refractivity contribution in [1.29, 1.82) is 0 Å². The molecule has 2 aromatic rings. The van der Waals surface area contributed by atoms with E-state index in [4.69, 9.17) is 21.1 Å². The number of nitrogens with one attached hydrogen (secondary N) is 1. The Morgan fingerprint density at radius 1 is 1.22 bits per heavy atom. The van der Waals surface area contributed by atoms with Crippen LogP contribution in [0, 0.1) is 0 Å². The smallest absolute Gasteiger partial charge is 0.151 e. The van der Waals surface area contributed by atoms with Crippen LogP contribution in [0.25, 0.3) is 11.3 Å². The third kappa shape index (κ3) is 7.17. The van der Waals surface area contributed by atoms with Gasteiger partial charge in [-0.2, -0.15) is 0 Å². The Morgan fingerprint density at radius 3 is 2.63 bits per heavy atom. The van der Waals surface area contributed by atoms with Crippen LogP contribution in [0.2, 0.25) is 5.15 Å². The summed E-state index contributed by atoms with van der Waals surface area (Å²) in [5.74, 6) is 1.18. The van der Waals surface area contributed by atoms with Crippen molar-refractivity contribution in [1.82, 2.24) is 15.5 Å². The molecule has 0 spiro atoms. The molecule has 1 heterocycles. The lowest BCUT2D eigenvalue weighted by Crippen LogP contribution is -2.42. The summed E-state index contributed by atoms with van der Waals surface area (Å²) in [5, 5.41) is 21.7. The number of aliphatic hydroxyl groups excluding tert-OH is 1. The zero-order valence-corrected chi connectivity index (χ0v) is 16.7. The summed E-state index contributed by atoms with van der Waals surface area (Å²) in [4.78, 5) is 0. The first kappa shape index (κ1) is 21.2. The predicted molar refractivity (Wildman–Crippen MR) is 107 cm³/mol. The topological polar surface area (TPSA) is 76.5 Å². The van der Waals surface area contributed by atoms with Gasteiger partial charge in [0.2, 0.25) is 0 Å². The second-order valence-corrected chi connectivity index (χ2v) is 7.48. The molecule has 0 radical (unpaired) electrons. The Morgan fingerprint density at radius 2 is 2.00 bits per heavy atom. The first-order valence-electron chi connectivity index (χ1n) is 8.72. The highest BCUT2D eigenvalue weighted by molar-refractivity contribution is 6.29. The third-order valence-corrected chi connectivity index (χ3v) is 3.73. The van der Waals surface area contributed by atoms with Crippen molar-refractivity contribution in [2.24, 2.45) is 0 Å². The largest absolute Gasteiger partial charge is 0.490 e. The van der Waals surface area contributed by atoms with Gasteiger partial charge in [0.1, 0.15) is 30.8 Å². The summed E-state index contributed by atoms with van der Waals surface area (Å²) >= 11 is 5.82. The molecule has 2 N–H and O–H groups in total. The first-order valence-corrected chi connectivity index (χ1v) is 9.09. The van der Waals surface area contributed by atoms with E-state index in [1.807, 2.05) is 32.9 Å². The molecule has 1 aromatic carbocycles. The molecule has 0 bridgehead atoms. The molecule has 0 saturated carbocycles. The first-order chi connectivity index (χ1) is 12.8. The molecule has 27 heavy (non-hydrogen) atoms. The van der Waals surface area contributed by atoms with Crippen molar-refractivity contribution >= 4 is 11.6 Å². The van der Waals surface area contributed by atoms with Crippen LogP contribution in [0.5, 0.6) is 11.5 Å². The van der Waals surface area contributed by atoms with Crippen LogP contribution >= 0.6 is 11.6 Å². The summed E-state index contributed by atoms with van der Waals surface area (Å²) in [5.41, 5.74) is 1.27. The van der Waals surface area contributed by atoms with Crippen LogP contribution in [0.4, 0.5) is 0 Å². The van der Waals surface area contributed by atoms with Gasteiger partial charge < -0.3 is 19.9 Å². The number of nitrogens with zero attached hydrogens (tertiary/aromatic N) is 2. The molecule has 2 rings (SSSR count). The molecule has 0 amide bonds. The van der Waals surface area contributed by atoms with E-state index in [-0.39, 0.29) is 12.1 Å². The van der Waals surface area contributed by atoms with E-state index in [1.54, 1.807) is 24.3 Å². The number of halogens is 1. The van der Waals surface area contributed by atoms with E-state index in [1.165, 1.54) is 0 Å².